The third-order valence-electron chi connectivity index (χ3n) is 5.49. The summed E-state index contributed by atoms with van der Waals surface area (Å²) in [4.78, 5) is 25.5. The number of rotatable bonds is 3. The van der Waals surface area contributed by atoms with E-state index in [1.165, 1.54) is 19.3 Å². The van der Waals surface area contributed by atoms with Crippen LogP contribution in [0.1, 0.15) is 48.5 Å². The summed E-state index contributed by atoms with van der Waals surface area (Å²) in [6.45, 7) is 0. The van der Waals surface area contributed by atoms with Gasteiger partial charge < -0.3 is 14.7 Å². The topological polar surface area (TPSA) is 80.9 Å². The van der Waals surface area contributed by atoms with Gasteiger partial charge in [-0.3, -0.25) is 4.98 Å². The van der Waals surface area contributed by atoms with E-state index in [2.05, 4.69) is 15.6 Å². The van der Waals surface area contributed by atoms with Gasteiger partial charge in [0.1, 0.15) is 5.69 Å². The van der Waals surface area contributed by atoms with Crippen molar-refractivity contribution in [3.8, 4) is 11.5 Å². The number of aromatic nitrogens is 4. The standard InChI is InChI=1S/C22H19N4O2.Y/c27-22(28)14-10-11-20-18(12-14)25-21(26(20)15-6-2-1-3-7-15)19-13-23-16-8-4-5-9-17(16)24-19;/h5,8-13,15H,1-3,6-7H2,(H,27,28);/q-1;. The number of aromatic carboxylic acids is 1. The van der Waals surface area contributed by atoms with Crippen molar-refractivity contribution < 1.29 is 42.6 Å². The first-order chi connectivity index (χ1) is 13.7. The predicted molar refractivity (Wildman–Crippen MR) is 106 cm³/mol. The van der Waals surface area contributed by atoms with Crippen LogP contribution >= 0.6 is 0 Å². The molecule has 29 heavy (non-hydrogen) atoms. The van der Waals surface area contributed by atoms with Crippen LogP contribution in [0.4, 0.5) is 0 Å². The van der Waals surface area contributed by atoms with Crippen LogP contribution in [0.15, 0.2) is 42.6 Å². The van der Waals surface area contributed by atoms with Gasteiger partial charge in [-0.2, -0.15) is 12.1 Å². The average molecular weight is 460 g/mol. The van der Waals surface area contributed by atoms with Crippen LogP contribution in [0.25, 0.3) is 33.6 Å². The molecule has 1 radical (unpaired) electrons. The molecule has 5 rings (SSSR count). The molecular formula is C22H19N4O2Y-. The minimum absolute atomic E-state index is 0. The van der Waals surface area contributed by atoms with Crippen LogP contribution < -0.4 is 0 Å². The summed E-state index contributed by atoms with van der Waals surface area (Å²) in [5.74, 6) is -0.191. The molecule has 0 saturated heterocycles. The minimum atomic E-state index is -0.947. The second kappa shape index (κ2) is 8.29. The zero-order valence-corrected chi connectivity index (χ0v) is 18.7. The number of carbonyl (C=O) groups is 1. The van der Waals surface area contributed by atoms with Gasteiger partial charge in [-0.15, -0.1) is 12.1 Å². The summed E-state index contributed by atoms with van der Waals surface area (Å²) < 4.78 is 2.24. The summed E-state index contributed by atoms with van der Waals surface area (Å²) in [5, 5.41) is 9.34. The Morgan fingerprint density at radius 1 is 1.07 bits per heavy atom. The van der Waals surface area contributed by atoms with Gasteiger partial charge in [-0.05, 0) is 42.1 Å². The summed E-state index contributed by atoms with van der Waals surface area (Å²) >= 11 is 0. The Balaban J connectivity index is 0.00000205. The molecule has 2 aromatic carbocycles. The Morgan fingerprint density at radius 2 is 1.90 bits per heavy atom. The van der Waals surface area contributed by atoms with E-state index in [1.54, 1.807) is 18.3 Å². The van der Waals surface area contributed by atoms with Crippen LogP contribution in [-0.2, 0) is 32.7 Å². The summed E-state index contributed by atoms with van der Waals surface area (Å²) in [7, 11) is 0. The van der Waals surface area contributed by atoms with Crippen molar-refractivity contribution in [2.24, 2.45) is 0 Å². The van der Waals surface area contributed by atoms with Gasteiger partial charge >= 0.3 is 5.97 Å². The monoisotopic (exact) mass is 460 g/mol. The number of hydrogen-bond acceptors (Lipinski definition) is 4. The third-order valence-corrected chi connectivity index (χ3v) is 5.49. The molecule has 4 aromatic rings. The van der Waals surface area contributed by atoms with Gasteiger partial charge in [0.05, 0.1) is 16.6 Å². The van der Waals surface area contributed by atoms with Crippen LogP contribution in [0.2, 0.25) is 0 Å². The van der Waals surface area contributed by atoms with Crippen LogP contribution in [-0.4, -0.2) is 30.6 Å². The van der Waals surface area contributed by atoms with Gasteiger partial charge in [0, 0.05) is 44.9 Å². The van der Waals surface area contributed by atoms with E-state index in [4.69, 9.17) is 9.97 Å². The molecular weight excluding hydrogens is 441 g/mol. The molecule has 0 spiro atoms. The normalized spacial score (nSPS) is 14.8. The van der Waals surface area contributed by atoms with E-state index in [0.717, 1.165) is 35.2 Å². The third kappa shape index (κ3) is 3.71. The number of carboxylic acid groups (broad SMARTS) is 1. The maximum absolute atomic E-state index is 11.4. The molecule has 1 aliphatic rings. The van der Waals surface area contributed by atoms with Crippen LogP contribution in [0.3, 0.4) is 0 Å². The first kappa shape index (κ1) is 20.1. The van der Waals surface area contributed by atoms with E-state index in [9.17, 15) is 9.90 Å². The smallest absolute Gasteiger partial charge is 0.335 e. The molecule has 0 amide bonds. The Bertz CT molecular complexity index is 1200. The van der Waals surface area contributed by atoms with Gasteiger partial charge in [0.25, 0.3) is 0 Å². The van der Waals surface area contributed by atoms with Crippen LogP contribution in [0, 0.1) is 6.07 Å². The SMILES string of the molecule is O=C(O)c1ccc2c(c1)nc(-c1cnc3c[c-]ccc3n1)n2C1CCCCC1.[Y]. The number of nitrogens with zero attached hydrogens (tertiary/aromatic N) is 4. The summed E-state index contributed by atoms with van der Waals surface area (Å²) in [5.41, 5.74) is 4.17. The Kier molecular flexibility index (Phi) is 5.75. The number of benzene rings is 2. The average Bonchev–Trinajstić information content (AvgIpc) is 3.12. The van der Waals surface area contributed by atoms with E-state index < -0.39 is 5.97 Å². The number of fused-ring (bicyclic) bond motifs is 2. The maximum atomic E-state index is 11.4. The fourth-order valence-corrected chi connectivity index (χ4v) is 4.13. The zero-order chi connectivity index (χ0) is 19.1. The van der Waals surface area contributed by atoms with Crippen molar-refractivity contribution in [1.82, 2.24) is 19.5 Å². The van der Waals surface area contributed by atoms with Crippen molar-refractivity contribution >= 4 is 28.0 Å². The molecule has 143 valence electrons. The molecule has 0 unspecified atom stereocenters. The largest absolute Gasteiger partial charge is 0.478 e. The molecule has 0 atom stereocenters. The van der Waals surface area contributed by atoms with Crippen molar-refractivity contribution in [3.63, 3.8) is 0 Å². The first-order valence-electron chi connectivity index (χ1n) is 9.59. The van der Waals surface area contributed by atoms with Gasteiger partial charge in [0.15, 0.2) is 5.82 Å². The second-order valence-corrected chi connectivity index (χ2v) is 7.28. The minimum Gasteiger partial charge on any atom is -0.478 e. The van der Waals surface area contributed by atoms with E-state index in [0.29, 0.717) is 17.3 Å². The van der Waals surface area contributed by atoms with Gasteiger partial charge in [-0.25, -0.2) is 9.78 Å². The molecule has 2 heterocycles. The van der Waals surface area contributed by atoms with Gasteiger partial charge in [0.2, 0.25) is 0 Å². The number of imidazole rings is 1. The molecule has 7 heteroatoms. The summed E-state index contributed by atoms with van der Waals surface area (Å²) in [6.07, 6.45) is 7.57. The van der Waals surface area contributed by atoms with Crippen molar-refractivity contribution in [2.75, 3.05) is 0 Å². The number of carboxylic acids is 1. The fraction of sp³-hybridized carbons (Fsp3) is 0.273. The Morgan fingerprint density at radius 3 is 2.69 bits per heavy atom. The van der Waals surface area contributed by atoms with Crippen LogP contribution in [0.5, 0.6) is 0 Å². The molecule has 1 fully saturated rings. The van der Waals surface area contributed by atoms with Gasteiger partial charge in [-0.1, -0.05) is 19.3 Å². The molecule has 0 aliphatic heterocycles. The maximum Gasteiger partial charge on any atom is 0.335 e. The first-order valence-corrected chi connectivity index (χ1v) is 9.59. The van der Waals surface area contributed by atoms with E-state index in [1.807, 2.05) is 24.3 Å². The molecule has 1 aliphatic carbocycles. The zero-order valence-electron chi connectivity index (χ0n) is 15.9. The van der Waals surface area contributed by atoms with E-state index in [-0.39, 0.29) is 38.3 Å². The van der Waals surface area contributed by atoms with Crippen molar-refractivity contribution in [2.45, 2.75) is 38.1 Å². The Labute approximate surface area is 193 Å². The van der Waals surface area contributed by atoms with Crippen molar-refractivity contribution in [3.05, 3.63) is 54.2 Å². The fourth-order valence-electron chi connectivity index (χ4n) is 4.13. The molecule has 1 saturated carbocycles. The molecule has 2 aromatic heterocycles. The molecule has 1 N–H and O–H groups in total. The predicted octanol–water partition coefficient (Wildman–Crippen LogP) is 4.65. The van der Waals surface area contributed by atoms with Crippen molar-refractivity contribution in [1.29, 1.82) is 0 Å². The second-order valence-electron chi connectivity index (χ2n) is 7.28. The quantitative estimate of drug-likeness (QED) is 0.451. The molecule has 6 nitrogen and oxygen atoms in total. The van der Waals surface area contributed by atoms with E-state index >= 15 is 0 Å². The number of hydrogen-bond donors (Lipinski definition) is 1. The Hall–Kier alpha value is -2.18. The molecule has 0 bridgehead atoms. The summed E-state index contributed by atoms with van der Waals surface area (Å²) in [6, 6.07) is 14.0.